The van der Waals surface area contributed by atoms with Gasteiger partial charge in [-0.25, -0.2) is 4.79 Å². The number of hydrogen-bond donors (Lipinski definition) is 2. The monoisotopic (exact) mass is 280 g/mol. The number of rotatable bonds is 5. The molecule has 1 aromatic rings. The van der Waals surface area contributed by atoms with Crippen LogP contribution in [0.1, 0.15) is 26.3 Å². The highest BCUT2D eigenvalue weighted by molar-refractivity contribution is 5.87. The number of benzene rings is 1. The molecule has 0 aromatic heterocycles. The summed E-state index contributed by atoms with van der Waals surface area (Å²) >= 11 is 0. The fourth-order valence-electron chi connectivity index (χ4n) is 1.68. The van der Waals surface area contributed by atoms with Gasteiger partial charge < -0.3 is 14.8 Å². The topological polar surface area (TPSA) is 59.6 Å². The van der Waals surface area contributed by atoms with Gasteiger partial charge in [-0.15, -0.1) is 0 Å². The van der Waals surface area contributed by atoms with Crippen LogP contribution in [0.25, 0.3) is 0 Å². The molecule has 0 radical (unpaired) electrons. The summed E-state index contributed by atoms with van der Waals surface area (Å²) in [6.45, 7) is 6.36. The van der Waals surface area contributed by atoms with E-state index in [2.05, 4.69) is 10.6 Å². The van der Waals surface area contributed by atoms with Crippen molar-refractivity contribution in [2.45, 2.75) is 32.8 Å². The quantitative estimate of drug-likeness (QED) is 0.870. The lowest BCUT2D eigenvalue weighted by Gasteiger charge is -2.20. The van der Waals surface area contributed by atoms with E-state index in [0.29, 0.717) is 11.4 Å². The molecule has 112 valence electrons. The van der Waals surface area contributed by atoms with Gasteiger partial charge in [0.15, 0.2) is 0 Å². The largest absolute Gasteiger partial charge is 0.495 e. The maximum Gasteiger partial charge on any atom is 0.412 e. The minimum Gasteiger partial charge on any atom is -0.495 e. The highest BCUT2D eigenvalue weighted by Crippen LogP contribution is 2.26. The van der Waals surface area contributed by atoms with Crippen LogP contribution < -0.4 is 15.4 Å². The predicted molar refractivity (Wildman–Crippen MR) is 80.5 cm³/mol. The van der Waals surface area contributed by atoms with Crippen molar-refractivity contribution in [2.75, 3.05) is 26.0 Å². The second kappa shape index (κ2) is 7.14. The lowest BCUT2D eigenvalue weighted by Crippen LogP contribution is -2.27. The van der Waals surface area contributed by atoms with Crippen LogP contribution in [0.4, 0.5) is 10.5 Å². The zero-order chi connectivity index (χ0) is 15.2. The minimum atomic E-state index is -0.524. The van der Waals surface area contributed by atoms with Gasteiger partial charge in [0.05, 0.1) is 12.8 Å². The van der Waals surface area contributed by atoms with Crippen LogP contribution in [0.3, 0.4) is 0 Å². The van der Waals surface area contributed by atoms with E-state index in [1.807, 2.05) is 46.0 Å². The first-order valence-corrected chi connectivity index (χ1v) is 6.67. The molecule has 0 fully saturated rings. The molecule has 0 saturated heterocycles. The molecule has 1 rings (SSSR count). The molecular formula is C15H24N2O3. The second-order valence-corrected chi connectivity index (χ2v) is 5.52. The number of methoxy groups -OCH3 is 1. The molecule has 1 aromatic carbocycles. The minimum absolute atomic E-state index is 0.487. The highest BCUT2D eigenvalue weighted by Gasteiger charge is 2.17. The molecule has 0 unspecified atom stereocenters. The van der Waals surface area contributed by atoms with Gasteiger partial charge in [0.25, 0.3) is 0 Å². The van der Waals surface area contributed by atoms with Crippen LogP contribution in [-0.4, -0.2) is 32.4 Å². The molecule has 0 saturated carbocycles. The normalized spacial score (nSPS) is 11.1. The van der Waals surface area contributed by atoms with Crippen LogP contribution in [0.2, 0.25) is 0 Å². The molecule has 2 N–H and O–H groups in total. The number of hydrogen-bond acceptors (Lipinski definition) is 4. The van der Waals surface area contributed by atoms with E-state index in [9.17, 15) is 4.79 Å². The third-order valence-corrected chi connectivity index (χ3v) is 2.57. The summed E-state index contributed by atoms with van der Waals surface area (Å²) < 4.78 is 10.5. The van der Waals surface area contributed by atoms with E-state index in [4.69, 9.17) is 9.47 Å². The van der Waals surface area contributed by atoms with Crippen molar-refractivity contribution < 1.29 is 14.3 Å². The Bertz CT molecular complexity index is 453. The van der Waals surface area contributed by atoms with Crippen LogP contribution in [-0.2, 0) is 11.2 Å². The fourth-order valence-corrected chi connectivity index (χ4v) is 1.68. The number of carbonyl (C=O) groups is 1. The number of anilines is 1. The first kappa shape index (κ1) is 16.3. The summed E-state index contributed by atoms with van der Waals surface area (Å²) in [5.41, 5.74) is 1.23. The number of nitrogens with one attached hydrogen (secondary N) is 2. The number of likely N-dealkylation sites (N-methyl/N-ethyl adjacent to an activating group) is 1. The Morgan fingerprint density at radius 1 is 1.30 bits per heavy atom. The molecule has 0 atom stereocenters. The Morgan fingerprint density at radius 3 is 2.55 bits per heavy atom. The smallest absolute Gasteiger partial charge is 0.412 e. The van der Waals surface area contributed by atoms with E-state index in [1.165, 1.54) is 0 Å². The van der Waals surface area contributed by atoms with E-state index in [1.54, 1.807) is 7.11 Å². The van der Waals surface area contributed by atoms with Gasteiger partial charge in [0.1, 0.15) is 11.4 Å². The van der Waals surface area contributed by atoms with Gasteiger partial charge in [-0.1, -0.05) is 6.07 Å². The molecule has 20 heavy (non-hydrogen) atoms. The molecule has 0 bridgehead atoms. The van der Waals surface area contributed by atoms with Crippen molar-refractivity contribution >= 4 is 11.8 Å². The number of ether oxygens (including phenoxy) is 2. The molecule has 0 aliphatic carbocycles. The first-order valence-electron chi connectivity index (χ1n) is 6.67. The van der Waals surface area contributed by atoms with Crippen LogP contribution in [0.5, 0.6) is 5.75 Å². The molecule has 5 heteroatoms. The molecule has 5 nitrogen and oxygen atoms in total. The number of carbonyl (C=O) groups excluding carboxylic acids is 1. The van der Waals surface area contributed by atoms with Crippen LogP contribution in [0.15, 0.2) is 18.2 Å². The fraction of sp³-hybridized carbons (Fsp3) is 0.533. The molecule has 0 aliphatic rings. The maximum atomic E-state index is 11.8. The standard InChI is InChI=1S/C15H24N2O3/c1-15(2,3)20-14(18)17-12-7-6-11(8-9-16-4)10-13(12)19-5/h6-7,10,16H,8-9H2,1-5H3,(H,17,18). The Kier molecular flexibility index (Phi) is 5.82. The van der Waals surface area contributed by atoms with Crippen molar-refractivity contribution in [3.05, 3.63) is 23.8 Å². The number of amides is 1. The average Bonchev–Trinajstić information content (AvgIpc) is 2.35. The Morgan fingerprint density at radius 2 is 2.00 bits per heavy atom. The summed E-state index contributed by atoms with van der Waals surface area (Å²) in [5.74, 6) is 0.629. The van der Waals surface area contributed by atoms with Crippen LogP contribution >= 0.6 is 0 Å². The van der Waals surface area contributed by atoms with Gasteiger partial charge in [-0.05, 0) is 58.5 Å². The van der Waals surface area contributed by atoms with Crippen molar-refractivity contribution in [1.82, 2.24) is 5.32 Å². The van der Waals surface area contributed by atoms with Crippen LogP contribution in [0, 0.1) is 0 Å². The molecule has 0 heterocycles. The van der Waals surface area contributed by atoms with E-state index >= 15 is 0 Å². The molecule has 1 amide bonds. The Hall–Kier alpha value is -1.75. The third kappa shape index (κ3) is 5.48. The zero-order valence-corrected chi connectivity index (χ0v) is 12.9. The lowest BCUT2D eigenvalue weighted by atomic mass is 10.1. The Labute approximate surface area is 120 Å². The van der Waals surface area contributed by atoms with Crippen molar-refractivity contribution in [3.8, 4) is 5.75 Å². The summed E-state index contributed by atoms with van der Waals surface area (Å²) in [6.07, 6.45) is 0.415. The van der Waals surface area contributed by atoms with Gasteiger partial charge in [0, 0.05) is 0 Å². The van der Waals surface area contributed by atoms with E-state index in [0.717, 1.165) is 18.5 Å². The van der Waals surface area contributed by atoms with Gasteiger partial charge in [0.2, 0.25) is 0 Å². The van der Waals surface area contributed by atoms with Gasteiger partial charge in [-0.3, -0.25) is 5.32 Å². The summed E-state index contributed by atoms with van der Waals surface area (Å²) in [7, 11) is 3.49. The van der Waals surface area contributed by atoms with E-state index < -0.39 is 11.7 Å². The predicted octanol–water partition coefficient (Wildman–Crippen LogP) is 2.80. The second-order valence-electron chi connectivity index (χ2n) is 5.52. The zero-order valence-electron chi connectivity index (χ0n) is 12.9. The first-order chi connectivity index (χ1) is 9.35. The van der Waals surface area contributed by atoms with E-state index in [-0.39, 0.29) is 0 Å². The maximum absolute atomic E-state index is 11.8. The summed E-state index contributed by atoms with van der Waals surface area (Å²) in [5, 5.41) is 5.80. The van der Waals surface area contributed by atoms with Gasteiger partial charge in [-0.2, -0.15) is 0 Å². The summed E-state index contributed by atoms with van der Waals surface area (Å²) in [4.78, 5) is 11.8. The highest BCUT2D eigenvalue weighted by atomic mass is 16.6. The third-order valence-electron chi connectivity index (χ3n) is 2.57. The van der Waals surface area contributed by atoms with Crippen molar-refractivity contribution in [2.24, 2.45) is 0 Å². The molecular weight excluding hydrogens is 256 g/mol. The average molecular weight is 280 g/mol. The Balaban J connectivity index is 2.77. The summed E-state index contributed by atoms with van der Waals surface area (Å²) in [6, 6.07) is 5.71. The SMILES string of the molecule is CNCCc1ccc(NC(=O)OC(C)(C)C)c(OC)c1. The van der Waals surface area contributed by atoms with Gasteiger partial charge >= 0.3 is 6.09 Å². The van der Waals surface area contributed by atoms with Crippen molar-refractivity contribution in [3.63, 3.8) is 0 Å². The lowest BCUT2D eigenvalue weighted by molar-refractivity contribution is 0.0635. The molecule has 0 aliphatic heterocycles. The van der Waals surface area contributed by atoms with Crippen molar-refractivity contribution in [1.29, 1.82) is 0 Å². The molecule has 0 spiro atoms.